The molecule has 1 amide bonds. The normalized spacial score (nSPS) is 16.9. The van der Waals surface area contributed by atoms with Crippen LogP contribution in [0, 0.1) is 13.8 Å². The summed E-state index contributed by atoms with van der Waals surface area (Å²) in [5, 5.41) is 3.04. The highest BCUT2D eigenvalue weighted by Crippen LogP contribution is 2.17. The van der Waals surface area contributed by atoms with Gasteiger partial charge in [0.05, 0.1) is 6.54 Å². The first-order valence-electron chi connectivity index (χ1n) is 7.91. The first-order valence-corrected chi connectivity index (χ1v) is 7.91. The van der Waals surface area contributed by atoms with Gasteiger partial charge in [-0.1, -0.05) is 19.1 Å². The number of hydrogen-bond acceptors (Lipinski definition) is 3. The van der Waals surface area contributed by atoms with Crippen LogP contribution in [-0.2, 0) is 4.79 Å². The van der Waals surface area contributed by atoms with E-state index in [0.29, 0.717) is 6.54 Å². The lowest BCUT2D eigenvalue weighted by atomic mass is 10.1. The fraction of sp³-hybridized carbons (Fsp3) is 0.588. The van der Waals surface area contributed by atoms with Crippen molar-refractivity contribution < 1.29 is 4.79 Å². The molecule has 0 bridgehead atoms. The molecule has 0 spiro atoms. The predicted octanol–water partition coefficient (Wildman–Crippen LogP) is 2.27. The number of carbonyl (C=O) groups excluding carboxylic acids is 1. The number of rotatable bonds is 5. The molecule has 2 rings (SSSR count). The van der Waals surface area contributed by atoms with E-state index in [1.807, 2.05) is 12.1 Å². The zero-order chi connectivity index (χ0) is 15.2. The molecule has 0 radical (unpaired) electrons. The number of benzene rings is 1. The molecule has 0 saturated carbocycles. The van der Waals surface area contributed by atoms with E-state index in [9.17, 15) is 4.79 Å². The summed E-state index contributed by atoms with van der Waals surface area (Å²) in [4.78, 5) is 16.9. The zero-order valence-corrected chi connectivity index (χ0v) is 13.5. The lowest BCUT2D eigenvalue weighted by Gasteiger charge is -2.34. The number of carbonyl (C=O) groups is 1. The molecule has 1 aliphatic heterocycles. The van der Waals surface area contributed by atoms with E-state index in [-0.39, 0.29) is 5.91 Å². The number of nitrogens with zero attached hydrogens (tertiary/aromatic N) is 2. The topological polar surface area (TPSA) is 35.6 Å². The van der Waals surface area contributed by atoms with Gasteiger partial charge in [-0.2, -0.15) is 0 Å². The third-order valence-electron chi connectivity index (χ3n) is 4.25. The summed E-state index contributed by atoms with van der Waals surface area (Å²) >= 11 is 0. The Morgan fingerprint density at radius 2 is 1.81 bits per heavy atom. The maximum atomic E-state index is 12.2. The monoisotopic (exact) mass is 289 g/mol. The van der Waals surface area contributed by atoms with Crippen LogP contribution in [0.3, 0.4) is 0 Å². The second-order valence-electron chi connectivity index (χ2n) is 5.91. The maximum Gasteiger partial charge on any atom is 0.238 e. The molecule has 1 aliphatic rings. The number of aryl methyl sites for hydroxylation is 1. The number of hydrogen-bond donors (Lipinski definition) is 1. The predicted molar refractivity (Wildman–Crippen MR) is 87.7 cm³/mol. The Balaban J connectivity index is 1.81. The summed E-state index contributed by atoms with van der Waals surface area (Å²) in [5.41, 5.74) is 3.30. The third kappa shape index (κ3) is 4.55. The number of piperazine rings is 1. The molecule has 0 aliphatic carbocycles. The van der Waals surface area contributed by atoms with Crippen LogP contribution in [-0.4, -0.2) is 55.0 Å². The molecule has 1 saturated heterocycles. The molecule has 1 aromatic carbocycles. The molecule has 1 N–H and O–H groups in total. The summed E-state index contributed by atoms with van der Waals surface area (Å²) in [6.07, 6.45) is 1.20. The Kier molecular flexibility index (Phi) is 5.76. The molecular weight excluding hydrogens is 262 g/mol. The van der Waals surface area contributed by atoms with E-state index >= 15 is 0 Å². The van der Waals surface area contributed by atoms with Crippen LogP contribution in [0.25, 0.3) is 0 Å². The summed E-state index contributed by atoms with van der Waals surface area (Å²) in [6.45, 7) is 12.1. The van der Waals surface area contributed by atoms with E-state index < -0.39 is 0 Å². The van der Waals surface area contributed by atoms with Crippen molar-refractivity contribution in [2.75, 3.05) is 44.6 Å². The van der Waals surface area contributed by atoms with Gasteiger partial charge in [-0.15, -0.1) is 0 Å². The van der Waals surface area contributed by atoms with Crippen molar-refractivity contribution in [2.45, 2.75) is 27.2 Å². The summed E-state index contributed by atoms with van der Waals surface area (Å²) in [7, 11) is 0. The van der Waals surface area contributed by atoms with Crippen LogP contribution in [0.5, 0.6) is 0 Å². The van der Waals surface area contributed by atoms with Gasteiger partial charge >= 0.3 is 0 Å². The van der Waals surface area contributed by atoms with Gasteiger partial charge in [0.25, 0.3) is 0 Å². The Morgan fingerprint density at radius 1 is 1.14 bits per heavy atom. The highest BCUT2D eigenvalue weighted by atomic mass is 16.2. The summed E-state index contributed by atoms with van der Waals surface area (Å²) in [6, 6.07) is 6.03. The molecule has 4 heteroatoms. The van der Waals surface area contributed by atoms with Crippen LogP contribution in [0.1, 0.15) is 24.5 Å². The Hall–Kier alpha value is -1.39. The average molecular weight is 289 g/mol. The third-order valence-corrected chi connectivity index (χ3v) is 4.25. The first kappa shape index (κ1) is 16.0. The molecule has 0 aromatic heterocycles. The van der Waals surface area contributed by atoms with E-state index in [0.717, 1.165) is 37.4 Å². The molecule has 1 heterocycles. The minimum atomic E-state index is 0.0904. The van der Waals surface area contributed by atoms with Gasteiger partial charge in [0.15, 0.2) is 0 Å². The number of nitrogens with one attached hydrogen (secondary N) is 1. The summed E-state index contributed by atoms with van der Waals surface area (Å²) in [5.74, 6) is 0.0904. The second kappa shape index (κ2) is 7.57. The molecular formula is C17H27N3O. The van der Waals surface area contributed by atoms with E-state index in [2.05, 4.69) is 42.0 Å². The van der Waals surface area contributed by atoms with Crippen molar-refractivity contribution in [1.82, 2.24) is 9.80 Å². The smallest absolute Gasteiger partial charge is 0.238 e. The van der Waals surface area contributed by atoms with Crippen molar-refractivity contribution in [3.8, 4) is 0 Å². The van der Waals surface area contributed by atoms with Gasteiger partial charge in [-0.05, 0) is 44.0 Å². The quantitative estimate of drug-likeness (QED) is 0.903. The van der Waals surface area contributed by atoms with Crippen molar-refractivity contribution in [3.05, 3.63) is 29.3 Å². The van der Waals surface area contributed by atoms with Crippen LogP contribution >= 0.6 is 0 Å². The first-order chi connectivity index (χ1) is 10.1. The van der Waals surface area contributed by atoms with E-state index in [1.54, 1.807) is 0 Å². The Labute approximate surface area is 128 Å². The second-order valence-corrected chi connectivity index (χ2v) is 5.91. The molecule has 116 valence electrons. The van der Waals surface area contributed by atoms with Gasteiger partial charge in [-0.25, -0.2) is 0 Å². The van der Waals surface area contributed by atoms with Gasteiger partial charge < -0.3 is 10.2 Å². The number of amides is 1. The maximum absolute atomic E-state index is 12.2. The highest BCUT2D eigenvalue weighted by molar-refractivity contribution is 5.93. The fourth-order valence-corrected chi connectivity index (χ4v) is 2.77. The van der Waals surface area contributed by atoms with Crippen LogP contribution in [0.4, 0.5) is 5.69 Å². The van der Waals surface area contributed by atoms with Gasteiger partial charge in [0.2, 0.25) is 5.91 Å². The van der Waals surface area contributed by atoms with Crippen molar-refractivity contribution in [2.24, 2.45) is 0 Å². The van der Waals surface area contributed by atoms with Crippen LogP contribution < -0.4 is 5.32 Å². The van der Waals surface area contributed by atoms with Crippen LogP contribution in [0.15, 0.2) is 18.2 Å². The zero-order valence-electron chi connectivity index (χ0n) is 13.5. The van der Waals surface area contributed by atoms with Crippen molar-refractivity contribution >= 4 is 11.6 Å². The van der Waals surface area contributed by atoms with E-state index in [1.165, 1.54) is 18.5 Å². The Morgan fingerprint density at radius 3 is 2.48 bits per heavy atom. The van der Waals surface area contributed by atoms with Gasteiger partial charge in [0.1, 0.15) is 0 Å². The highest BCUT2D eigenvalue weighted by Gasteiger charge is 2.18. The molecule has 0 atom stereocenters. The standard InChI is InChI=1S/C17H27N3O/c1-4-8-19-9-11-20(12-10-19)13-17(21)18-16-7-5-6-14(2)15(16)3/h5-7H,4,8-13H2,1-3H3,(H,18,21). The van der Waals surface area contributed by atoms with Crippen LogP contribution in [0.2, 0.25) is 0 Å². The van der Waals surface area contributed by atoms with Gasteiger partial charge in [0, 0.05) is 31.9 Å². The lowest BCUT2D eigenvalue weighted by molar-refractivity contribution is -0.117. The minimum absolute atomic E-state index is 0.0904. The molecule has 21 heavy (non-hydrogen) atoms. The van der Waals surface area contributed by atoms with Crippen molar-refractivity contribution in [1.29, 1.82) is 0 Å². The molecule has 0 unspecified atom stereocenters. The molecule has 1 aromatic rings. The molecule has 4 nitrogen and oxygen atoms in total. The molecule has 1 fully saturated rings. The fourth-order valence-electron chi connectivity index (χ4n) is 2.77. The van der Waals surface area contributed by atoms with E-state index in [4.69, 9.17) is 0 Å². The number of anilines is 1. The summed E-state index contributed by atoms with van der Waals surface area (Å²) < 4.78 is 0. The average Bonchev–Trinajstić information content (AvgIpc) is 2.46. The Bertz CT molecular complexity index is 479. The lowest BCUT2D eigenvalue weighted by Crippen LogP contribution is -2.48. The van der Waals surface area contributed by atoms with Crippen molar-refractivity contribution in [3.63, 3.8) is 0 Å². The minimum Gasteiger partial charge on any atom is -0.325 e. The largest absolute Gasteiger partial charge is 0.325 e. The van der Waals surface area contributed by atoms with Gasteiger partial charge in [-0.3, -0.25) is 9.69 Å². The SMILES string of the molecule is CCCN1CCN(CC(=O)Nc2cccc(C)c2C)CC1.